The van der Waals surface area contributed by atoms with E-state index in [9.17, 15) is 20.0 Å². The Hall–Kier alpha value is -3.19. The van der Waals surface area contributed by atoms with Crippen molar-refractivity contribution >= 4 is 17.0 Å². The number of nitro benzene ring substituents is 1. The minimum atomic E-state index is -0.732. The van der Waals surface area contributed by atoms with Crippen molar-refractivity contribution in [1.29, 1.82) is 10.5 Å². The average molecular weight is 311 g/mol. The van der Waals surface area contributed by atoms with Gasteiger partial charge in [-0.15, -0.1) is 0 Å². The predicted octanol–water partition coefficient (Wildman–Crippen LogP) is 3.00. The lowest BCUT2D eigenvalue weighted by molar-refractivity contribution is -0.385. The number of aliphatic hydroxyl groups is 1. The SMILES string of the molecule is CC1(C)CC(=O)C(c2cc(C#N)c(C#N)cc2[N+](=O)[O-])=C(O)C1. The molecule has 1 aliphatic carbocycles. The van der Waals surface area contributed by atoms with Crippen molar-refractivity contribution in [2.75, 3.05) is 0 Å². The van der Waals surface area contributed by atoms with Gasteiger partial charge in [-0.25, -0.2) is 0 Å². The van der Waals surface area contributed by atoms with Crippen molar-refractivity contribution in [1.82, 2.24) is 0 Å². The third-order valence-electron chi connectivity index (χ3n) is 3.70. The summed E-state index contributed by atoms with van der Waals surface area (Å²) < 4.78 is 0. The van der Waals surface area contributed by atoms with Gasteiger partial charge >= 0.3 is 0 Å². The summed E-state index contributed by atoms with van der Waals surface area (Å²) in [5.74, 6) is -0.654. The number of rotatable bonds is 2. The molecule has 116 valence electrons. The van der Waals surface area contributed by atoms with E-state index in [1.165, 1.54) is 0 Å². The molecule has 1 N–H and O–H groups in total. The highest BCUT2D eigenvalue weighted by Gasteiger charge is 2.36. The molecule has 0 saturated carbocycles. The van der Waals surface area contributed by atoms with Crippen molar-refractivity contribution in [2.24, 2.45) is 5.41 Å². The lowest BCUT2D eigenvalue weighted by Gasteiger charge is -2.29. The Morgan fingerprint density at radius 2 is 1.78 bits per heavy atom. The van der Waals surface area contributed by atoms with Gasteiger partial charge in [0.2, 0.25) is 0 Å². The fraction of sp³-hybridized carbons (Fsp3) is 0.312. The number of hydrogen-bond donors (Lipinski definition) is 1. The number of carbonyl (C=O) groups excluding carboxylic acids is 1. The molecule has 2 rings (SSSR count). The van der Waals surface area contributed by atoms with Crippen molar-refractivity contribution < 1.29 is 14.8 Å². The summed E-state index contributed by atoms with van der Waals surface area (Å²) in [7, 11) is 0. The van der Waals surface area contributed by atoms with Crippen molar-refractivity contribution in [2.45, 2.75) is 26.7 Å². The van der Waals surface area contributed by atoms with Crippen LogP contribution >= 0.6 is 0 Å². The first-order valence-corrected chi connectivity index (χ1v) is 6.78. The molecular formula is C16H13N3O4. The van der Waals surface area contributed by atoms with E-state index in [2.05, 4.69) is 0 Å². The summed E-state index contributed by atoms with van der Waals surface area (Å²) in [6, 6.07) is 5.58. The monoisotopic (exact) mass is 311 g/mol. The van der Waals surface area contributed by atoms with E-state index in [-0.39, 0.29) is 40.9 Å². The third-order valence-corrected chi connectivity index (χ3v) is 3.70. The van der Waals surface area contributed by atoms with E-state index in [0.717, 1.165) is 12.1 Å². The van der Waals surface area contributed by atoms with Gasteiger partial charge in [0.15, 0.2) is 5.78 Å². The Kier molecular flexibility index (Phi) is 3.90. The number of hydrogen-bond acceptors (Lipinski definition) is 6. The van der Waals surface area contributed by atoms with Crippen LogP contribution < -0.4 is 0 Å². The van der Waals surface area contributed by atoms with E-state index < -0.39 is 21.8 Å². The molecule has 0 heterocycles. The Bertz CT molecular complexity index is 838. The highest BCUT2D eigenvalue weighted by Crippen LogP contribution is 2.42. The molecule has 0 spiro atoms. The molecule has 1 aliphatic rings. The lowest BCUT2D eigenvalue weighted by Crippen LogP contribution is -2.25. The molecule has 0 unspecified atom stereocenters. The summed E-state index contributed by atoms with van der Waals surface area (Å²) in [6.07, 6.45) is 0.332. The van der Waals surface area contributed by atoms with Crippen LogP contribution in [0, 0.1) is 38.2 Å². The fourth-order valence-electron chi connectivity index (χ4n) is 2.72. The molecule has 0 amide bonds. The summed E-state index contributed by atoms with van der Waals surface area (Å²) >= 11 is 0. The lowest BCUT2D eigenvalue weighted by atomic mass is 9.75. The summed E-state index contributed by atoms with van der Waals surface area (Å²) in [4.78, 5) is 22.9. The van der Waals surface area contributed by atoms with Crippen LogP contribution in [0.25, 0.3) is 5.57 Å². The quantitative estimate of drug-likeness (QED) is 0.660. The third kappa shape index (κ3) is 2.90. The summed E-state index contributed by atoms with van der Waals surface area (Å²) in [6.45, 7) is 3.62. The van der Waals surface area contributed by atoms with Crippen molar-refractivity contribution in [3.63, 3.8) is 0 Å². The van der Waals surface area contributed by atoms with E-state index in [1.807, 2.05) is 13.8 Å². The fourth-order valence-corrected chi connectivity index (χ4v) is 2.72. The van der Waals surface area contributed by atoms with Crippen LogP contribution in [0.3, 0.4) is 0 Å². The number of nitro groups is 1. The zero-order chi connectivity index (χ0) is 17.4. The van der Waals surface area contributed by atoms with Crippen LogP contribution in [-0.2, 0) is 4.79 Å². The summed E-state index contributed by atoms with van der Waals surface area (Å²) in [5.41, 5.74) is -1.40. The van der Waals surface area contributed by atoms with Crippen LogP contribution in [0.5, 0.6) is 0 Å². The largest absolute Gasteiger partial charge is 0.512 e. The molecule has 0 aliphatic heterocycles. The second-order valence-corrected chi connectivity index (χ2v) is 6.16. The van der Waals surface area contributed by atoms with Gasteiger partial charge in [-0.1, -0.05) is 13.8 Å². The Morgan fingerprint density at radius 1 is 1.22 bits per heavy atom. The van der Waals surface area contributed by atoms with Crippen LogP contribution in [0.2, 0.25) is 0 Å². The zero-order valence-corrected chi connectivity index (χ0v) is 12.6. The molecule has 7 nitrogen and oxygen atoms in total. The molecule has 0 aromatic heterocycles. The van der Waals surface area contributed by atoms with Gasteiger partial charge in [0, 0.05) is 18.9 Å². The molecule has 0 saturated heterocycles. The van der Waals surface area contributed by atoms with Gasteiger partial charge in [0.05, 0.1) is 27.2 Å². The van der Waals surface area contributed by atoms with Crippen LogP contribution in [0.15, 0.2) is 17.9 Å². The van der Waals surface area contributed by atoms with Gasteiger partial charge in [-0.2, -0.15) is 10.5 Å². The van der Waals surface area contributed by atoms with Gasteiger partial charge in [0.1, 0.15) is 17.9 Å². The van der Waals surface area contributed by atoms with Crippen molar-refractivity contribution in [3.05, 3.63) is 44.7 Å². The maximum atomic E-state index is 12.4. The number of benzene rings is 1. The number of allylic oxidation sites excluding steroid dienone is 2. The highest BCUT2D eigenvalue weighted by atomic mass is 16.6. The van der Waals surface area contributed by atoms with E-state index >= 15 is 0 Å². The number of ketones is 1. The molecule has 23 heavy (non-hydrogen) atoms. The zero-order valence-electron chi connectivity index (χ0n) is 12.6. The molecule has 1 aromatic rings. The second kappa shape index (κ2) is 5.54. The molecule has 0 fully saturated rings. The van der Waals surface area contributed by atoms with E-state index in [1.54, 1.807) is 12.1 Å². The number of aliphatic hydroxyl groups excluding tert-OH is 1. The van der Waals surface area contributed by atoms with E-state index in [4.69, 9.17) is 10.5 Å². The first kappa shape index (κ1) is 16.2. The predicted molar refractivity (Wildman–Crippen MR) is 80.1 cm³/mol. The van der Waals surface area contributed by atoms with Gasteiger partial charge in [-0.05, 0) is 11.5 Å². The molecule has 0 bridgehead atoms. The molecule has 0 radical (unpaired) electrons. The number of nitrogens with zero attached hydrogens (tertiary/aromatic N) is 3. The maximum Gasteiger partial charge on any atom is 0.278 e. The number of nitriles is 2. The maximum absolute atomic E-state index is 12.4. The summed E-state index contributed by atoms with van der Waals surface area (Å²) in [5, 5.41) is 39.5. The van der Waals surface area contributed by atoms with Crippen LogP contribution in [0.4, 0.5) is 5.69 Å². The minimum Gasteiger partial charge on any atom is -0.512 e. The molecule has 7 heteroatoms. The average Bonchev–Trinajstić information content (AvgIpc) is 2.44. The molecule has 1 aromatic carbocycles. The van der Waals surface area contributed by atoms with E-state index in [0.29, 0.717) is 0 Å². The van der Waals surface area contributed by atoms with Crippen LogP contribution in [0.1, 0.15) is 43.4 Å². The van der Waals surface area contributed by atoms with Crippen LogP contribution in [-0.4, -0.2) is 15.8 Å². The topological polar surface area (TPSA) is 128 Å². The highest BCUT2D eigenvalue weighted by molar-refractivity contribution is 6.23. The second-order valence-electron chi connectivity index (χ2n) is 6.16. The minimum absolute atomic E-state index is 0.0777. The Morgan fingerprint density at radius 3 is 2.26 bits per heavy atom. The number of carbonyl (C=O) groups is 1. The molecule has 0 atom stereocenters. The van der Waals surface area contributed by atoms with Gasteiger partial charge < -0.3 is 5.11 Å². The Labute approximate surface area is 132 Å². The Balaban J connectivity index is 2.78. The first-order valence-electron chi connectivity index (χ1n) is 6.78. The first-order chi connectivity index (χ1) is 10.7. The van der Waals surface area contributed by atoms with Gasteiger partial charge in [-0.3, -0.25) is 14.9 Å². The van der Waals surface area contributed by atoms with Crippen molar-refractivity contribution in [3.8, 4) is 12.1 Å². The normalized spacial score (nSPS) is 16.6. The number of Topliss-reactive ketones (excluding diaryl/α,β-unsaturated/α-hetero) is 1. The van der Waals surface area contributed by atoms with Gasteiger partial charge in [0.25, 0.3) is 5.69 Å². The molecular weight excluding hydrogens is 298 g/mol. The smallest absolute Gasteiger partial charge is 0.278 e. The standard InChI is InChI=1S/C16H13N3O4/c1-16(2)5-13(20)15(14(21)6-16)11-3-9(7-17)10(8-18)4-12(11)19(22)23/h3-4,20H,5-6H2,1-2H3.